The quantitative estimate of drug-likeness (QED) is 0.284. The monoisotopic (exact) mass is 516 g/mol. The van der Waals surface area contributed by atoms with E-state index in [2.05, 4.69) is 19.2 Å². The van der Waals surface area contributed by atoms with E-state index in [0.29, 0.717) is 44.2 Å². The van der Waals surface area contributed by atoms with E-state index in [1.807, 2.05) is 85.8 Å². The maximum atomic E-state index is 13.7. The van der Waals surface area contributed by atoms with Gasteiger partial charge in [0.1, 0.15) is 17.5 Å². The Morgan fingerprint density at radius 1 is 0.895 bits per heavy atom. The van der Waals surface area contributed by atoms with E-state index in [-0.39, 0.29) is 18.2 Å². The Balaban J connectivity index is 1.80. The molecule has 3 aromatic carbocycles. The van der Waals surface area contributed by atoms with Gasteiger partial charge in [-0.25, -0.2) is 0 Å². The topological polar surface area (TPSA) is 67.9 Å². The van der Waals surface area contributed by atoms with E-state index < -0.39 is 6.04 Å². The zero-order valence-electron chi connectivity index (χ0n) is 23.0. The number of nitrogens with one attached hydrogen (secondary N) is 1. The van der Waals surface area contributed by atoms with Gasteiger partial charge in [-0.3, -0.25) is 9.59 Å². The van der Waals surface area contributed by atoms with Gasteiger partial charge in [0.2, 0.25) is 11.8 Å². The molecule has 0 saturated heterocycles. The summed E-state index contributed by atoms with van der Waals surface area (Å²) in [6.07, 6.45) is 1.26. The second kappa shape index (κ2) is 14.8. The predicted molar refractivity (Wildman–Crippen MR) is 151 cm³/mol. The fraction of sp³-hybridized carbons (Fsp3) is 0.375. The molecule has 2 amide bonds. The summed E-state index contributed by atoms with van der Waals surface area (Å²) < 4.78 is 11.2. The second-order valence-corrected chi connectivity index (χ2v) is 9.98. The minimum absolute atomic E-state index is 0.0824. The van der Waals surface area contributed by atoms with Gasteiger partial charge in [-0.15, -0.1) is 0 Å². The summed E-state index contributed by atoms with van der Waals surface area (Å²) in [6, 6.07) is 24.7. The normalized spacial score (nSPS) is 11.6. The van der Waals surface area contributed by atoms with Gasteiger partial charge in [0, 0.05) is 25.9 Å². The highest BCUT2D eigenvalue weighted by Gasteiger charge is 2.30. The lowest BCUT2D eigenvalue weighted by molar-refractivity contribution is -0.141. The fourth-order valence-corrected chi connectivity index (χ4v) is 4.14. The van der Waals surface area contributed by atoms with Gasteiger partial charge in [0.05, 0.1) is 13.7 Å². The van der Waals surface area contributed by atoms with Crippen LogP contribution in [-0.4, -0.2) is 43.0 Å². The summed E-state index contributed by atoms with van der Waals surface area (Å²) in [7, 11) is 1.62. The third kappa shape index (κ3) is 9.25. The van der Waals surface area contributed by atoms with E-state index >= 15 is 0 Å². The van der Waals surface area contributed by atoms with Crippen LogP contribution in [0.4, 0.5) is 0 Å². The van der Waals surface area contributed by atoms with Crippen LogP contribution in [0.25, 0.3) is 0 Å². The average Bonchev–Trinajstić information content (AvgIpc) is 2.93. The molecule has 3 rings (SSSR count). The molecular formula is C32H40N2O4. The molecule has 0 fully saturated rings. The van der Waals surface area contributed by atoms with Crippen molar-refractivity contribution in [1.29, 1.82) is 0 Å². The molecule has 1 atom stereocenters. The molecule has 3 aromatic rings. The number of nitrogens with zero attached hydrogens (tertiary/aromatic N) is 1. The van der Waals surface area contributed by atoms with Crippen LogP contribution in [0.3, 0.4) is 0 Å². The number of hydrogen-bond donors (Lipinski definition) is 1. The maximum absolute atomic E-state index is 13.7. The molecule has 0 aromatic heterocycles. The first kappa shape index (κ1) is 28.8. The predicted octanol–water partition coefficient (Wildman–Crippen LogP) is 5.57. The molecule has 38 heavy (non-hydrogen) atoms. The number of ether oxygens (including phenoxy) is 2. The maximum Gasteiger partial charge on any atom is 0.243 e. The van der Waals surface area contributed by atoms with Crippen LogP contribution in [0, 0.1) is 12.8 Å². The summed E-state index contributed by atoms with van der Waals surface area (Å²) in [5.74, 6) is 1.57. The smallest absolute Gasteiger partial charge is 0.243 e. The first-order valence-electron chi connectivity index (χ1n) is 13.3. The molecule has 0 saturated carbocycles. The molecule has 1 N–H and O–H groups in total. The number of benzene rings is 3. The molecule has 0 heterocycles. The van der Waals surface area contributed by atoms with E-state index in [9.17, 15) is 9.59 Å². The number of rotatable bonds is 14. The molecule has 0 aliphatic heterocycles. The Morgan fingerprint density at radius 3 is 2.29 bits per heavy atom. The highest BCUT2D eigenvalue weighted by Crippen LogP contribution is 2.20. The van der Waals surface area contributed by atoms with Gasteiger partial charge in [0.25, 0.3) is 0 Å². The van der Waals surface area contributed by atoms with Gasteiger partial charge >= 0.3 is 0 Å². The van der Waals surface area contributed by atoms with Gasteiger partial charge in [0.15, 0.2) is 0 Å². The van der Waals surface area contributed by atoms with Crippen LogP contribution in [0.5, 0.6) is 11.5 Å². The van der Waals surface area contributed by atoms with Crippen LogP contribution >= 0.6 is 0 Å². The van der Waals surface area contributed by atoms with E-state index in [0.717, 1.165) is 16.9 Å². The van der Waals surface area contributed by atoms with Crippen LogP contribution in [-0.2, 0) is 22.6 Å². The number of aryl methyl sites for hydroxylation is 1. The minimum Gasteiger partial charge on any atom is -0.497 e. The molecule has 0 radical (unpaired) electrons. The molecule has 0 bridgehead atoms. The van der Waals surface area contributed by atoms with Crippen LogP contribution < -0.4 is 14.8 Å². The van der Waals surface area contributed by atoms with Crippen molar-refractivity contribution in [2.75, 3.05) is 20.3 Å². The van der Waals surface area contributed by atoms with Crippen molar-refractivity contribution >= 4 is 11.8 Å². The summed E-state index contributed by atoms with van der Waals surface area (Å²) in [6.45, 7) is 7.42. The summed E-state index contributed by atoms with van der Waals surface area (Å²) >= 11 is 0. The summed E-state index contributed by atoms with van der Waals surface area (Å²) in [4.78, 5) is 28.9. The van der Waals surface area contributed by atoms with Crippen molar-refractivity contribution in [3.05, 3.63) is 95.6 Å². The van der Waals surface area contributed by atoms with Crippen molar-refractivity contribution in [3.63, 3.8) is 0 Å². The third-order valence-corrected chi connectivity index (χ3v) is 6.27. The molecule has 0 aliphatic rings. The van der Waals surface area contributed by atoms with Crippen LogP contribution in [0.1, 0.15) is 43.4 Å². The van der Waals surface area contributed by atoms with E-state index in [4.69, 9.17) is 9.47 Å². The fourth-order valence-electron chi connectivity index (χ4n) is 4.14. The number of carbonyl (C=O) groups excluding carboxylic acids is 2. The van der Waals surface area contributed by atoms with E-state index in [1.54, 1.807) is 12.0 Å². The van der Waals surface area contributed by atoms with Crippen molar-refractivity contribution in [2.24, 2.45) is 5.92 Å². The Bertz CT molecular complexity index is 1150. The molecule has 0 aliphatic carbocycles. The highest BCUT2D eigenvalue weighted by molar-refractivity contribution is 5.88. The molecule has 0 unspecified atom stereocenters. The molecule has 6 nitrogen and oxygen atoms in total. The Labute approximate surface area is 227 Å². The van der Waals surface area contributed by atoms with E-state index in [1.165, 1.54) is 5.56 Å². The third-order valence-electron chi connectivity index (χ3n) is 6.27. The molecule has 6 heteroatoms. The van der Waals surface area contributed by atoms with Crippen molar-refractivity contribution in [1.82, 2.24) is 10.2 Å². The number of hydrogen-bond acceptors (Lipinski definition) is 4. The lowest BCUT2D eigenvalue weighted by atomic mass is 10.0. The summed E-state index contributed by atoms with van der Waals surface area (Å²) in [5.41, 5.74) is 3.08. The Kier molecular flexibility index (Phi) is 11.2. The molecule has 202 valence electrons. The lowest BCUT2D eigenvalue weighted by Crippen LogP contribution is -2.51. The molecular weight excluding hydrogens is 476 g/mol. The van der Waals surface area contributed by atoms with Crippen LogP contribution in [0.2, 0.25) is 0 Å². The van der Waals surface area contributed by atoms with Gasteiger partial charge in [-0.2, -0.15) is 0 Å². The Morgan fingerprint density at radius 2 is 1.61 bits per heavy atom. The van der Waals surface area contributed by atoms with Crippen molar-refractivity contribution < 1.29 is 19.1 Å². The number of carbonyl (C=O) groups is 2. The van der Waals surface area contributed by atoms with Crippen LogP contribution in [0.15, 0.2) is 78.9 Å². The minimum atomic E-state index is -0.645. The highest BCUT2D eigenvalue weighted by atomic mass is 16.5. The standard InChI is InChI=1S/C32H40N2O4/c1-24(2)22-33-32(36)30(21-26-10-6-5-7-11-26)34(23-27-12-8-13-29(20-27)37-4)31(35)14-9-19-38-28-17-15-25(3)16-18-28/h5-8,10-13,15-18,20,24,30H,9,14,19,21-23H2,1-4H3,(H,33,36)/t30-/m1/s1. The largest absolute Gasteiger partial charge is 0.497 e. The first-order valence-corrected chi connectivity index (χ1v) is 13.3. The average molecular weight is 517 g/mol. The lowest BCUT2D eigenvalue weighted by Gasteiger charge is -2.32. The number of amides is 2. The van der Waals surface area contributed by atoms with Gasteiger partial charge < -0.3 is 19.7 Å². The van der Waals surface area contributed by atoms with Gasteiger partial charge in [-0.05, 0) is 54.7 Å². The van der Waals surface area contributed by atoms with Gasteiger partial charge in [-0.1, -0.05) is 74.0 Å². The summed E-state index contributed by atoms with van der Waals surface area (Å²) in [5, 5.41) is 3.06. The molecule has 0 spiro atoms. The number of methoxy groups -OCH3 is 1. The first-order chi connectivity index (χ1) is 18.4. The zero-order chi connectivity index (χ0) is 27.3. The SMILES string of the molecule is COc1cccc(CN(C(=O)CCCOc2ccc(C)cc2)[C@H](Cc2ccccc2)C(=O)NCC(C)C)c1. The van der Waals surface area contributed by atoms with Crippen molar-refractivity contribution in [3.8, 4) is 11.5 Å². The Hall–Kier alpha value is -3.80. The van der Waals surface area contributed by atoms with Crippen molar-refractivity contribution in [2.45, 2.75) is 52.6 Å². The second-order valence-electron chi connectivity index (χ2n) is 9.98. The zero-order valence-corrected chi connectivity index (χ0v) is 23.0.